The van der Waals surface area contributed by atoms with Gasteiger partial charge in [-0.2, -0.15) is 0 Å². The van der Waals surface area contributed by atoms with E-state index >= 15 is 0 Å². The molecule has 130 valence electrons. The highest BCUT2D eigenvalue weighted by Gasteiger charge is 2.35. The third-order valence-corrected chi connectivity index (χ3v) is 5.42. The maximum atomic E-state index is 12.7. The second kappa shape index (κ2) is 6.92. The van der Waals surface area contributed by atoms with Crippen molar-refractivity contribution in [2.24, 2.45) is 0 Å². The molecule has 0 spiro atoms. The fraction of sp³-hybridized carbons (Fsp3) is 0.300. The van der Waals surface area contributed by atoms with Crippen molar-refractivity contribution in [3.05, 3.63) is 63.3 Å². The summed E-state index contributed by atoms with van der Waals surface area (Å²) >= 11 is 1.02. The van der Waals surface area contributed by atoms with Crippen molar-refractivity contribution < 1.29 is 9.59 Å². The van der Waals surface area contributed by atoms with Crippen LogP contribution in [0.4, 0.5) is 4.79 Å². The number of aryl methyl sites for hydroxylation is 2. The maximum absolute atomic E-state index is 12.7. The second-order valence-corrected chi connectivity index (χ2v) is 7.32. The third-order valence-electron chi connectivity index (χ3n) is 4.51. The number of amides is 2. The SMILES string of the molecule is CCn1c(C)cc(/C=C2\SC(=O)N(Cc3cccc(C)c3)C2=O)c1C. The number of nitrogens with zero attached hydrogens (tertiary/aromatic N) is 2. The summed E-state index contributed by atoms with van der Waals surface area (Å²) in [6, 6.07) is 9.95. The van der Waals surface area contributed by atoms with E-state index in [2.05, 4.69) is 24.5 Å². The Morgan fingerprint density at radius 2 is 1.88 bits per heavy atom. The fourth-order valence-electron chi connectivity index (χ4n) is 3.23. The van der Waals surface area contributed by atoms with E-state index in [9.17, 15) is 9.59 Å². The summed E-state index contributed by atoms with van der Waals surface area (Å²) in [5.41, 5.74) is 5.36. The van der Waals surface area contributed by atoms with Crippen LogP contribution in [-0.4, -0.2) is 20.6 Å². The van der Waals surface area contributed by atoms with Crippen molar-refractivity contribution in [1.29, 1.82) is 0 Å². The molecule has 1 aromatic heterocycles. The average Bonchev–Trinajstić information content (AvgIpc) is 2.98. The van der Waals surface area contributed by atoms with Crippen LogP contribution in [0.5, 0.6) is 0 Å². The zero-order valence-electron chi connectivity index (χ0n) is 15.0. The predicted octanol–water partition coefficient (Wildman–Crippen LogP) is 4.67. The quantitative estimate of drug-likeness (QED) is 0.749. The molecule has 5 heteroatoms. The normalized spacial score (nSPS) is 16.3. The molecule has 1 aliphatic heterocycles. The van der Waals surface area contributed by atoms with Crippen LogP contribution in [-0.2, 0) is 17.9 Å². The predicted molar refractivity (Wildman–Crippen MR) is 102 cm³/mol. The maximum Gasteiger partial charge on any atom is 0.293 e. The van der Waals surface area contributed by atoms with E-state index in [0.717, 1.165) is 46.4 Å². The van der Waals surface area contributed by atoms with Gasteiger partial charge in [0.2, 0.25) is 0 Å². The van der Waals surface area contributed by atoms with Gasteiger partial charge in [-0.15, -0.1) is 0 Å². The number of carbonyl (C=O) groups excluding carboxylic acids is 2. The van der Waals surface area contributed by atoms with Gasteiger partial charge in [0, 0.05) is 17.9 Å². The van der Waals surface area contributed by atoms with Crippen LogP contribution in [0.3, 0.4) is 0 Å². The van der Waals surface area contributed by atoms with Gasteiger partial charge in [0.15, 0.2) is 0 Å². The van der Waals surface area contributed by atoms with E-state index in [-0.39, 0.29) is 11.1 Å². The Balaban J connectivity index is 1.86. The largest absolute Gasteiger partial charge is 0.349 e. The summed E-state index contributed by atoms with van der Waals surface area (Å²) in [7, 11) is 0. The molecule has 2 heterocycles. The van der Waals surface area contributed by atoms with Gasteiger partial charge in [-0.3, -0.25) is 14.5 Å². The molecule has 0 radical (unpaired) electrons. The molecule has 0 aliphatic carbocycles. The number of hydrogen-bond acceptors (Lipinski definition) is 3. The van der Waals surface area contributed by atoms with E-state index in [1.807, 2.05) is 44.2 Å². The van der Waals surface area contributed by atoms with Crippen molar-refractivity contribution in [3.8, 4) is 0 Å². The first-order chi connectivity index (χ1) is 11.9. The Morgan fingerprint density at radius 3 is 2.52 bits per heavy atom. The number of hydrogen-bond donors (Lipinski definition) is 0. The molecule has 1 aromatic carbocycles. The van der Waals surface area contributed by atoms with Crippen molar-refractivity contribution in [2.45, 2.75) is 40.8 Å². The average molecular weight is 354 g/mol. The number of imide groups is 1. The number of thioether (sulfide) groups is 1. The van der Waals surface area contributed by atoms with Gasteiger partial charge in [0.05, 0.1) is 11.4 Å². The minimum Gasteiger partial charge on any atom is -0.349 e. The fourth-order valence-corrected chi connectivity index (χ4v) is 4.06. The van der Waals surface area contributed by atoms with Crippen LogP contribution in [0.25, 0.3) is 6.08 Å². The molecule has 1 aliphatic rings. The highest BCUT2D eigenvalue weighted by atomic mass is 32.2. The van der Waals surface area contributed by atoms with Gasteiger partial charge in [0.1, 0.15) is 0 Å². The Bertz CT molecular complexity index is 880. The van der Waals surface area contributed by atoms with E-state index < -0.39 is 0 Å². The smallest absolute Gasteiger partial charge is 0.293 e. The lowest BCUT2D eigenvalue weighted by Crippen LogP contribution is -2.27. The highest BCUT2D eigenvalue weighted by Crippen LogP contribution is 2.34. The number of rotatable bonds is 4. The van der Waals surface area contributed by atoms with Crippen molar-refractivity contribution in [3.63, 3.8) is 0 Å². The molecule has 0 N–H and O–H groups in total. The van der Waals surface area contributed by atoms with E-state index in [4.69, 9.17) is 0 Å². The summed E-state index contributed by atoms with van der Waals surface area (Å²) in [5.74, 6) is -0.210. The van der Waals surface area contributed by atoms with Crippen molar-refractivity contribution in [2.75, 3.05) is 0 Å². The molecule has 0 unspecified atom stereocenters. The van der Waals surface area contributed by atoms with Crippen LogP contribution in [0.15, 0.2) is 35.2 Å². The van der Waals surface area contributed by atoms with Crippen LogP contribution in [0.2, 0.25) is 0 Å². The summed E-state index contributed by atoms with van der Waals surface area (Å²) in [5, 5.41) is -0.206. The number of benzene rings is 1. The molecular weight excluding hydrogens is 332 g/mol. The van der Waals surface area contributed by atoms with Gasteiger partial charge in [0.25, 0.3) is 11.1 Å². The Kier molecular flexibility index (Phi) is 4.86. The zero-order valence-corrected chi connectivity index (χ0v) is 15.8. The molecular formula is C20H22N2O2S. The second-order valence-electron chi connectivity index (χ2n) is 6.33. The Labute approximate surface area is 152 Å². The van der Waals surface area contributed by atoms with E-state index in [1.165, 1.54) is 4.90 Å². The molecule has 25 heavy (non-hydrogen) atoms. The monoisotopic (exact) mass is 354 g/mol. The molecule has 4 nitrogen and oxygen atoms in total. The van der Waals surface area contributed by atoms with Gasteiger partial charge in [-0.25, -0.2) is 0 Å². The molecule has 1 saturated heterocycles. The van der Waals surface area contributed by atoms with E-state index in [0.29, 0.717) is 11.4 Å². The van der Waals surface area contributed by atoms with Crippen LogP contribution in [0.1, 0.15) is 35.0 Å². The summed E-state index contributed by atoms with van der Waals surface area (Å²) in [6.45, 7) is 9.40. The highest BCUT2D eigenvalue weighted by molar-refractivity contribution is 8.18. The van der Waals surface area contributed by atoms with Crippen molar-refractivity contribution in [1.82, 2.24) is 9.47 Å². The molecule has 3 rings (SSSR count). The first-order valence-electron chi connectivity index (χ1n) is 8.38. The van der Waals surface area contributed by atoms with Gasteiger partial charge < -0.3 is 4.57 Å². The summed E-state index contributed by atoms with van der Waals surface area (Å²) < 4.78 is 2.20. The van der Waals surface area contributed by atoms with Crippen molar-refractivity contribution >= 4 is 29.0 Å². The third kappa shape index (κ3) is 3.42. The first-order valence-corrected chi connectivity index (χ1v) is 9.20. The standard InChI is InChI=1S/C20H22N2O2S/c1-5-21-14(3)10-17(15(21)4)11-18-19(23)22(20(24)25-18)12-16-8-6-7-13(2)9-16/h6-11H,5,12H2,1-4H3/b18-11-. The number of aromatic nitrogens is 1. The van der Waals surface area contributed by atoms with Gasteiger partial charge in [-0.1, -0.05) is 29.8 Å². The molecule has 0 atom stereocenters. The minimum atomic E-state index is -0.210. The number of carbonyl (C=O) groups is 2. The van der Waals surface area contributed by atoms with Crippen LogP contribution < -0.4 is 0 Å². The van der Waals surface area contributed by atoms with Crippen LogP contribution >= 0.6 is 11.8 Å². The van der Waals surface area contributed by atoms with Gasteiger partial charge in [-0.05, 0) is 62.7 Å². The minimum absolute atomic E-state index is 0.206. The molecule has 0 saturated carbocycles. The van der Waals surface area contributed by atoms with Gasteiger partial charge >= 0.3 is 0 Å². The summed E-state index contributed by atoms with van der Waals surface area (Å²) in [4.78, 5) is 26.8. The summed E-state index contributed by atoms with van der Waals surface area (Å²) in [6.07, 6.45) is 1.84. The van der Waals surface area contributed by atoms with E-state index in [1.54, 1.807) is 0 Å². The molecule has 0 bridgehead atoms. The molecule has 2 aromatic rings. The first kappa shape index (κ1) is 17.5. The lowest BCUT2D eigenvalue weighted by Gasteiger charge is -2.12. The lowest BCUT2D eigenvalue weighted by atomic mass is 10.1. The lowest BCUT2D eigenvalue weighted by molar-refractivity contribution is -0.123. The van der Waals surface area contributed by atoms with Crippen LogP contribution in [0, 0.1) is 20.8 Å². The molecule has 2 amide bonds. The topological polar surface area (TPSA) is 42.3 Å². The Hall–Kier alpha value is -2.27. The molecule has 1 fully saturated rings. The Morgan fingerprint density at radius 1 is 1.12 bits per heavy atom. The zero-order chi connectivity index (χ0) is 18.1.